The third-order valence-electron chi connectivity index (χ3n) is 5.63. The number of aromatic nitrogens is 1. The number of thiazole rings is 1. The Bertz CT molecular complexity index is 848. The Morgan fingerprint density at radius 3 is 2.71 bits per heavy atom. The monoisotopic (exact) mass is 399 g/mol. The van der Waals surface area contributed by atoms with Gasteiger partial charge in [-0.1, -0.05) is 12.1 Å². The molecule has 2 aliphatic rings. The highest BCUT2D eigenvalue weighted by molar-refractivity contribution is 7.15. The number of amides is 1. The van der Waals surface area contributed by atoms with E-state index >= 15 is 0 Å². The van der Waals surface area contributed by atoms with Crippen molar-refractivity contribution in [2.75, 3.05) is 13.1 Å². The molecule has 2 aromatic rings. The molecule has 0 radical (unpaired) electrons. The number of aliphatic carboxylic acids is 1. The van der Waals surface area contributed by atoms with E-state index in [1.54, 1.807) is 11.3 Å². The second kappa shape index (κ2) is 8.41. The number of fused-ring (bicyclic) bond motifs is 1. The van der Waals surface area contributed by atoms with Gasteiger partial charge >= 0.3 is 5.97 Å². The van der Waals surface area contributed by atoms with E-state index in [9.17, 15) is 9.59 Å². The molecule has 1 fully saturated rings. The highest BCUT2D eigenvalue weighted by Crippen LogP contribution is 2.30. The normalized spacial score (nSPS) is 22.1. The smallest absolute Gasteiger partial charge is 0.306 e. The highest BCUT2D eigenvalue weighted by atomic mass is 32.1. The van der Waals surface area contributed by atoms with E-state index in [0.29, 0.717) is 18.4 Å². The summed E-state index contributed by atoms with van der Waals surface area (Å²) >= 11 is 1.72. The standard InChI is InChI=1S/C21H25N3O3S/c25-19(23-16-6-4-13(5-7-16)21(26)27)14-2-1-3-15(12-14)20-24-17-8-10-22-11-9-18(17)28-20/h1-3,12-13,16,22H,4-11H2,(H,23,25)(H,26,27). The van der Waals surface area contributed by atoms with Crippen LogP contribution in [0.25, 0.3) is 10.6 Å². The number of nitrogens with zero attached hydrogens (tertiary/aromatic N) is 1. The summed E-state index contributed by atoms with van der Waals surface area (Å²) in [5.41, 5.74) is 2.79. The van der Waals surface area contributed by atoms with Crippen molar-refractivity contribution in [1.82, 2.24) is 15.6 Å². The number of carboxylic acids is 1. The summed E-state index contributed by atoms with van der Waals surface area (Å²) in [5, 5.41) is 16.5. The molecule has 0 saturated heterocycles. The number of rotatable bonds is 4. The van der Waals surface area contributed by atoms with Gasteiger partial charge in [-0.3, -0.25) is 9.59 Å². The lowest BCUT2D eigenvalue weighted by Gasteiger charge is -2.26. The van der Waals surface area contributed by atoms with Crippen molar-refractivity contribution in [3.8, 4) is 10.6 Å². The fourth-order valence-corrected chi connectivity index (χ4v) is 5.08. The minimum absolute atomic E-state index is 0.0511. The van der Waals surface area contributed by atoms with Crippen LogP contribution in [0.15, 0.2) is 24.3 Å². The SMILES string of the molecule is O=C(NC1CCC(C(=O)O)CC1)c1cccc(-c2nc3c(s2)CCNCC3)c1. The molecule has 0 bridgehead atoms. The molecule has 1 aliphatic carbocycles. The number of hydrogen-bond acceptors (Lipinski definition) is 5. The molecule has 1 saturated carbocycles. The van der Waals surface area contributed by atoms with E-state index in [1.165, 1.54) is 10.6 Å². The van der Waals surface area contributed by atoms with Gasteiger partial charge in [-0.2, -0.15) is 0 Å². The third kappa shape index (κ3) is 4.25. The number of carboxylic acid groups (broad SMARTS) is 1. The first-order valence-corrected chi connectivity index (χ1v) is 10.7. The predicted molar refractivity (Wildman–Crippen MR) is 109 cm³/mol. The summed E-state index contributed by atoms with van der Waals surface area (Å²) in [6.45, 7) is 1.95. The van der Waals surface area contributed by atoms with E-state index in [0.717, 1.165) is 49.3 Å². The van der Waals surface area contributed by atoms with Crippen LogP contribution in [-0.2, 0) is 17.6 Å². The second-order valence-electron chi connectivity index (χ2n) is 7.58. The molecule has 28 heavy (non-hydrogen) atoms. The van der Waals surface area contributed by atoms with Crippen molar-refractivity contribution in [3.63, 3.8) is 0 Å². The number of nitrogens with one attached hydrogen (secondary N) is 2. The molecule has 0 atom stereocenters. The summed E-state index contributed by atoms with van der Waals surface area (Å²) in [6, 6.07) is 7.69. The first-order valence-electron chi connectivity index (χ1n) is 9.93. The maximum atomic E-state index is 12.7. The lowest BCUT2D eigenvalue weighted by Crippen LogP contribution is -2.38. The maximum Gasteiger partial charge on any atom is 0.306 e. The van der Waals surface area contributed by atoms with Crippen LogP contribution in [0.1, 0.15) is 46.6 Å². The molecule has 7 heteroatoms. The molecule has 3 N–H and O–H groups in total. The summed E-state index contributed by atoms with van der Waals surface area (Å²) < 4.78 is 0. The summed E-state index contributed by atoms with van der Waals surface area (Å²) in [6.07, 6.45) is 4.64. The predicted octanol–water partition coefficient (Wildman–Crippen LogP) is 2.87. The van der Waals surface area contributed by atoms with Crippen molar-refractivity contribution < 1.29 is 14.7 Å². The number of carbonyl (C=O) groups excluding carboxylic acids is 1. The molecule has 0 unspecified atom stereocenters. The van der Waals surface area contributed by atoms with Gasteiger partial charge in [0, 0.05) is 41.6 Å². The summed E-state index contributed by atoms with van der Waals surface area (Å²) in [7, 11) is 0. The lowest BCUT2D eigenvalue weighted by molar-refractivity contribution is -0.142. The Kier molecular flexibility index (Phi) is 5.73. The molecule has 1 aliphatic heterocycles. The Labute approximate surface area is 168 Å². The molecule has 1 aromatic carbocycles. The fourth-order valence-electron chi connectivity index (χ4n) is 3.98. The zero-order valence-electron chi connectivity index (χ0n) is 15.7. The molecular weight excluding hydrogens is 374 g/mol. The minimum Gasteiger partial charge on any atom is -0.481 e. The van der Waals surface area contributed by atoms with E-state index in [4.69, 9.17) is 10.1 Å². The van der Waals surface area contributed by atoms with Gasteiger partial charge in [0.15, 0.2) is 0 Å². The minimum atomic E-state index is -0.727. The van der Waals surface area contributed by atoms with Gasteiger partial charge in [0.25, 0.3) is 5.91 Å². The van der Waals surface area contributed by atoms with Crippen molar-refractivity contribution in [1.29, 1.82) is 0 Å². The first-order chi connectivity index (χ1) is 13.6. The van der Waals surface area contributed by atoms with Gasteiger partial charge in [0.1, 0.15) is 5.01 Å². The zero-order valence-corrected chi connectivity index (χ0v) is 16.6. The average Bonchev–Trinajstić information content (AvgIpc) is 2.99. The van der Waals surface area contributed by atoms with E-state index in [1.807, 2.05) is 24.3 Å². The highest BCUT2D eigenvalue weighted by Gasteiger charge is 2.27. The molecule has 1 amide bonds. The second-order valence-corrected chi connectivity index (χ2v) is 8.66. The van der Waals surface area contributed by atoms with Crippen LogP contribution in [0, 0.1) is 5.92 Å². The zero-order chi connectivity index (χ0) is 19.5. The fraction of sp³-hybridized carbons (Fsp3) is 0.476. The van der Waals surface area contributed by atoms with E-state index < -0.39 is 5.97 Å². The molecule has 2 heterocycles. The van der Waals surface area contributed by atoms with Gasteiger partial charge in [-0.05, 0) is 44.2 Å². The topological polar surface area (TPSA) is 91.3 Å². The Hall–Kier alpha value is -2.25. The molecule has 6 nitrogen and oxygen atoms in total. The van der Waals surface area contributed by atoms with Crippen molar-refractivity contribution >= 4 is 23.2 Å². The lowest BCUT2D eigenvalue weighted by atomic mass is 9.86. The van der Waals surface area contributed by atoms with Gasteiger partial charge in [0.05, 0.1) is 11.6 Å². The molecule has 1 aromatic heterocycles. The quantitative estimate of drug-likeness (QED) is 0.735. The van der Waals surface area contributed by atoms with Crippen LogP contribution >= 0.6 is 11.3 Å². The van der Waals surface area contributed by atoms with Gasteiger partial charge in [-0.25, -0.2) is 4.98 Å². The van der Waals surface area contributed by atoms with E-state index in [-0.39, 0.29) is 17.9 Å². The maximum absolute atomic E-state index is 12.7. The summed E-state index contributed by atoms with van der Waals surface area (Å²) in [4.78, 5) is 29.9. The van der Waals surface area contributed by atoms with Crippen molar-refractivity contribution in [2.24, 2.45) is 5.92 Å². The van der Waals surface area contributed by atoms with Gasteiger partial charge in [0.2, 0.25) is 0 Å². The van der Waals surface area contributed by atoms with Gasteiger partial charge < -0.3 is 15.7 Å². The van der Waals surface area contributed by atoms with Crippen LogP contribution < -0.4 is 10.6 Å². The van der Waals surface area contributed by atoms with Crippen LogP contribution in [0.2, 0.25) is 0 Å². The Morgan fingerprint density at radius 2 is 1.93 bits per heavy atom. The Morgan fingerprint density at radius 1 is 1.14 bits per heavy atom. The van der Waals surface area contributed by atoms with Crippen molar-refractivity contribution in [2.45, 2.75) is 44.6 Å². The first kappa shape index (κ1) is 19.1. The largest absolute Gasteiger partial charge is 0.481 e. The summed E-state index contributed by atoms with van der Waals surface area (Å²) in [5.74, 6) is -1.09. The Balaban J connectivity index is 1.44. The van der Waals surface area contributed by atoms with Crippen LogP contribution in [0.3, 0.4) is 0 Å². The van der Waals surface area contributed by atoms with Crippen molar-refractivity contribution in [3.05, 3.63) is 40.4 Å². The molecular formula is C21H25N3O3S. The molecule has 148 valence electrons. The number of carbonyl (C=O) groups is 2. The number of benzene rings is 1. The number of hydrogen-bond donors (Lipinski definition) is 3. The van der Waals surface area contributed by atoms with Crippen LogP contribution in [0.5, 0.6) is 0 Å². The van der Waals surface area contributed by atoms with E-state index in [2.05, 4.69) is 10.6 Å². The third-order valence-corrected chi connectivity index (χ3v) is 6.84. The molecule has 0 spiro atoms. The van der Waals surface area contributed by atoms with Gasteiger partial charge in [-0.15, -0.1) is 11.3 Å². The van der Waals surface area contributed by atoms with Crippen LogP contribution in [-0.4, -0.2) is 41.1 Å². The van der Waals surface area contributed by atoms with Crippen LogP contribution in [0.4, 0.5) is 0 Å². The molecule has 4 rings (SSSR count). The average molecular weight is 400 g/mol.